The summed E-state index contributed by atoms with van der Waals surface area (Å²) in [6.45, 7) is 0. The van der Waals surface area contributed by atoms with Gasteiger partial charge in [-0.25, -0.2) is 14.8 Å². The van der Waals surface area contributed by atoms with Crippen molar-refractivity contribution in [2.24, 2.45) is 5.41 Å². The van der Waals surface area contributed by atoms with E-state index in [2.05, 4.69) is 10.6 Å². The first kappa shape index (κ1) is 22.5. The van der Waals surface area contributed by atoms with Gasteiger partial charge in [-0.2, -0.15) is 0 Å². The Bertz CT molecular complexity index is 1330. The molecule has 7 nitrogen and oxygen atoms in total. The molecule has 0 saturated carbocycles. The molecule has 0 aromatic heterocycles. The summed E-state index contributed by atoms with van der Waals surface area (Å²) in [6, 6.07) is 34.3. The Balaban J connectivity index is 1.64. The van der Waals surface area contributed by atoms with E-state index in [-0.39, 0.29) is 0 Å². The molecule has 182 valence electrons. The Morgan fingerprint density at radius 1 is 0.486 bits per heavy atom. The van der Waals surface area contributed by atoms with Crippen molar-refractivity contribution in [2.45, 2.75) is 12.1 Å². The minimum Gasteiger partial charge on any atom is -0.330 e. The van der Waals surface area contributed by atoms with Crippen LogP contribution in [0.4, 0.5) is 16.2 Å². The molecule has 37 heavy (non-hydrogen) atoms. The van der Waals surface area contributed by atoms with Gasteiger partial charge in [0.1, 0.15) is 0 Å². The summed E-state index contributed by atoms with van der Waals surface area (Å²) in [5.41, 5.74) is 0.738. The molecule has 2 aliphatic heterocycles. The normalized spacial score (nSPS) is 20.6. The fourth-order valence-electron chi connectivity index (χ4n) is 5.40. The van der Waals surface area contributed by atoms with Gasteiger partial charge < -0.3 is 10.6 Å². The smallest absolute Gasteiger partial charge is 0.315 e. The molecule has 2 atom stereocenters. The number of benzene rings is 4. The van der Waals surface area contributed by atoms with Gasteiger partial charge in [-0.05, 0) is 35.4 Å². The van der Waals surface area contributed by atoms with Crippen molar-refractivity contribution in [3.05, 3.63) is 132 Å². The number of nitrogens with zero attached hydrogens (tertiary/aromatic N) is 2. The van der Waals surface area contributed by atoms with Crippen LogP contribution in [0.15, 0.2) is 121 Å². The molecule has 2 fully saturated rings. The number of hydrogen-bond donors (Lipinski definition) is 2. The number of anilines is 2. The van der Waals surface area contributed by atoms with Gasteiger partial charge >= 0.3 is 6.03 Å². The average molecular weight is 489 g/mol. The molecule has 7 heteroatoms. The lowest BCUT2D eigenvalue weighted by atomic mass is 9.67. The van der Waals surface area contributed by atoms with Gasteiger partial charge in [0.05, 0.1) is 23.5 Å². The van der Waals surface area contributed by atoms with Gasteiger partial charge in [0.25, 0.3) is 11.8 Å². The van der Waals surface area contributed by atoms with E-state index in [1.54, 1.807) is 24.3 Å². The highest BCUT2D eigenvalue weighted by atomic mass is 16.2. The van der Waals surface area contributed by atoms with Crippen molar-refractivity contribution in [1.82, 2.24) is 10.6 Å². The predicted molar refractivity (Wildman–Crippen MR) is 140 cm³/mol. The largest absolute Gasteiger partial charge is 0.330 e. The number of carbonyl (C=O) groups excluding carboxylic acids is 3. The topological polar surface area (TPSA) is 81.8 Å². The quantitative estimate of drug-likeness (QED) is 0.406. The lowest BCUT2D eigenvalue weighted by Crippen LogP contribution is -2.63. The second kappa shape index (κ2) is 8.95. The average Bonchev–Trinajstić information content (AvgIpc) is 3.18. The van der Waals surface area contributed by atoms with Crippen LogP contribution in [-0.4, -0.2) is 17.8 Å². The number of rotatable bonds is 4. The van der Waals surface area contributed by atoms with Crippen LogP contribution in [-0.2, 0) is 9.59 Å². The Morgan fingerprint density at radius 3 is 1.16 bits per heavy atom. The highest BCUT2D eigenvalue weighted by Crippen LogP contribution is 2.54. The van der Waals surface area contributed by atoms with Crippen molar-refractivity contribution in [1.29, 1.82) is 0 Å². The highest BCUT2D eigenvalue weighted by molar-refractivity contribution is 6.27. The first-order chi connectivity index (χ1) is 18.1. The maximum absolute atomic E-state index is 14.8. The number of hydrazine groups is 1. The third kappa shape index (κ3) is 3.47. The Kier molecular flexibility index (Phi) is 5.45. The zero-order valence-electron chi connectivity index (χ0n) is 19.8. The van der Waals surface area contributed by atoms with Gasteiger partial charge in [-0.1, -0.05) is 97.1 Å². The lowest BCUT2D eigenvalue weighted by molar-refractivity contribution is -0.140. The molecular weight excluding hydrogens is 464 g/mol. The first-order valence-corrected chi connectivity index (χ1v) is 12.1. The van der Waals surface area contributed by atoms with E-state index in [0.717, 1.165) is 0 Å². The monoisotopic (exact) mass is 488 g/mol. The molecule has 2 aliphatic rings. The molecule has 0 aliphatic carbocycles. The number of nitrogens with one attached hydrogen (secondary N) is 2. The highest BCUT2D eigenvalue weighted by Gasteiger charge is 2.70. The summed E-state index contributed by atoms with van der Waals surface area (Å²) in [5, 5.41) is 8.72. The van der Waals surface area contributed by atoms with Crippen LogP contribution in [0, 0.1) is 5.41 Å². The van der Waals surface area contributed by atoms with Crippen LogP contribution < -0.4 is 20.7 Å². The SMILES string of the molecule is O=C1N[C@H](c2ccccc2)C2(C(=O)N(c3ccccc3)N(c3ccccc3)C2=O)[C@H](c2ccccc2)N1. The summed E-state index contributed by atoms with van der Waals surface area (Å²) in [6.07, 6.45) is 0. The van der Waals surface area contributed by atoms with Crippen LogP contribution in [0.25, 0.3) is 0 Å². The summed E-state index contributed by atoms with van der Waals surface area (Å²) in [7, 11) is 0. The Labute approximate surface area is 214 Å². The van der Waals surface area contributed by atoms with E-state index in [9.17, 15) is 14.4 Å². The van der Waals surface area contributed by atoms with Crippen molar-refractivity contribution < 1.29 is 14.4 Å². The maximum atomic E-state index is 14.8. The van der Waals surface area contributed by atoms with E-state index in [1.807, 2.05) is 97.1 Å². The maximum Gasteiger partial charge on any atom is 0.315 e. The third-order valence-electron chi connectivity index (χ3n) is 7.02. The minimum atomic E-state index is -1.71. The summed E-state index contributed by atoms with van der Waals surface area (Å²) < 4.78 is 0. The second-order valence-electron chi connectivity index (χ2n) is 9.08. The summed E-state index contributed by atoms with van der Waals surface area (Å²) in [4.78, 5) is 42.7. The van der Waals surface area contributed by atoms with Crippen LogP contribution in [0.5, 0.6) is 0 Å². The van der Waals surface area contributed by atoms with E-state index < -0.39 is 35.3 Å². The lowest BCUT2D eigenvalue weighted by Gasteiger charge is -2.44. The fourth-order valence-corrected chi connectivity index (χ4v) is 5.40. The molecular formula is C30H24N4O3. The predicted octanol–water partition coefficient (Wildman–Crippen LogP) is 4.76. The molecule has 2 saturated heterocycles. The summed E-state index contributed by atoms with van der Waals surface area (Å²) >= 11 is 0. The number of urea groups is 1. The van der Waals surface area contributed by atoms with Crippen molar-refractivity contribution >= 4 is 29.2 Å². The molecule has 2 N–H and O–H groups in total. The van der Waals surface area contributed by atoms with Crippen LogP contribution in [0.2, 0.25) is 0 Å². The zero-order chi connectivity index (χ0) is 25.4. The minimum absolute atomic E-state index is 0.428. The molecule has 4 aromatic rings. The molecule has 2 heterocycles. The second-order valence-corrected chi connectivity index (χ2v) is 9.08. The van der Waals surface area contributed by atoms with Crippen molar-refractivity contribution in [3.8, 4) is 0 Å². The Morgan fingerprint density at radius 2 is 0.811 bits per heavy atom. The van der Waals surface area contributed by atoms with Gasteiger partial charge in [-0.15, -0.1) is 0 Å². The number of carbonyl (C=O) groups is 3. The molecule has 0 bridgehead atoms. The molecule has 4 amide bonds. The Hall–Kier alpha value is -4.91. The number of para-hydroxylation sites is 2. The van der Waals surface area contributed by atoms with Crippen LogP contribution in [0.1, 0.15) is 23.2 Å². The van der Waals surface area contributed by atoms with E-state index in [4.69, 9.17) is 0 Å². The standard InChI is InChI=1S/C30H24N4O3/c35-27-30(28(36)34(24-19-11-4-12-20-24)33(27)23-17-9-3-10-18-23)25(21-13-5-1-6-14-21)31-29(37)32-26(30)22-15-7-2-8-16-22/h1-20,25-26H,(H2,31,32,37)/t25-,26+. The van der Waals surface area contributed by atoms with E-state index in [0.29, 0.717) is 22.5 Å². The molecule has 6 rings (SSSR count). The van der Waals surface area contributed by atoms with Crippen molar-refractivity contribution in [2.75, 3.05) is 10.0 Å². The number of hydrogen-bond acceptors (Lipinski definition) is 3. The van der Waals surface area contributed by atoms with Gasteiger partial charge in [0, 0.05) is 0 Å². The number of amides is 4. The van der Waals surface area contributed by atoms with E-state index in [1.165, 1.54) is 10.0 Å². The van der Waals surface area contributed by atoms with Crippen LogP contribution >= 0.6 is 0 Å². The molecule has 0 unspecified atom stereocenters. The zero-order valence-corrected chi connectivity index (χ0v) is 19.8. The van der Waals surface area contributed by atoms with Gasteiger partial charge in [0.15, 0.2) is 5.41 Å². The molecule has 4 aromatic carbocycles. The first-order valence-electron chi connectivity index (χ1n) is 12.1. The molecule has 0 radical (unpaired) electrons. The fraction of sp³-hybridized carbons (Fsp3) is 0.100. The van der Waals surface area contributed by atoms with Crippen LogP contribution in [0.3, 0.4) is 0 Å². The van der Waals surface area contributed by atoms with Crippen molar-refractivity contribution in [3.63, 3.8) is 0 Å². The van der Waals surface area contributed by atoms with Gasteiger partial charge in [-0.3, -0.25) is 9.59 Å². The van der Waals surface area contributed by atoms with Gasteiger partial charge in [0.2, 0.25) is 0 Å². The molecule has 1 spiro atoms. The van der Waals surface area contributed by atoms with E-state index >= 15 is 0 Å². The summed E-state index contributed by atoms with van der Waals surface area (Å²) in [5.74, 6) is -0.856. The third-order valence-corrected chi connectivity index (χ3v) is 7.02.